The third-order valence-corrected chi connectivity index (χ3v) is 5.04. The highest BCUT2D eigenvalue weighted by atomic mass is 16.5. The largest absolute Gasteiger partial charge is 0.361 e. The summed E-state index contributed by atoms with van der Waals surface area (Å²) >= 11 is 0. The van der Waals surface area contributed by atoms with Crippen molar-refractivity contribution in [3.63, 3.8) is 0 Å². The first-order valence-corrected chi connectivity index (χ1v) is 8.67. The van der Waals surface area contributed by atoms with E-state index in [1.54, 1.807) is 0 Å². The molecular formula is C18H24N4O3. The zero-order chi connectivity index (χ0) is 18.1. The van der Waals surface area contributed by atoms with Crippen molar-refractivity contribution in [2.24, 2.45) is 0 Å². The van der Waals surface area contributed by atoms with Gasteiger partial charge in [-0.1, -0.05) is 5.16 Å². The highest BCUT2D eigenvalue weighted by Crippen LogP contribution is 2.36. The van der Waals surface area contributed by atoms with Crippen LogP contribution in [0.2, 0.25) is 0 Å². The van der Waals surface area contributed by atoms with Gasteiger partial charge in [0.1, 0.15) is 5.76 Å². The maximum Gasteiger partial charge on any atom is 0.345 e. The summed E-state index contributed by atoms with van der Waals surface area (Å²) in [7, 11) is 0. The van der Waals surface area contributed by atoms with Crippen LogP contribution in [-0.2, 0) is 11.2 Å². The predicted octanol–water partition coefficient (Wildman–Crippen LogP) is 2.29. The number of aromatic nitrogens is 3. The molecule has 1 fully saturated rings. The van der Waals surface area contributed by atoms with Gasteiger partial charge in [-0.05, 0) is 52.5 Å². The Bertz CT molecular complexity index is 807. The summed E-state index contributed by atoms with van der Waals surface area (Å²) in [5.41, 5.74) is 3.98. The van der Waals surface area contributed by atoms with Crippen molar-refractivity contribution in [1.82, 2.24) is 20.0 Å². The Labute approximate surface area is 146 Å². The highest BCUT2D eigenvalue weighted by molar-refractivity contribution is 5.77. The fraction of sp³-hybridized carbons (Fsp3) is 0.556. The third kappa shape index (κ3) is 3.36. The van der Waals surface area contributed by atoms with Gasteiger partial charge in [-0.3, -0.25) is 4.79 Å². The molecule has 0 unspecified atom stereocenters. The Morgan fingerprint density at radius 3 is 2.68 bits per heavy atom. The summed E-state index contributed by atoms with van der Waals surface area (Å²) in [6, 6.07) is 0.0506. The van der Waals surface area contributed by atoms with Gasteiger partial charge in [0.25, 0.3) is 0 Å². The van der Waals surface area contributed by atoms with E-state index in [0.717, 1.165) is 47.7 Å². The quantitative estimate of drug-likeness (QED) is 0.919. The Morgan fingerprint density at radius 2 is 2.04 bits per heavy atom. The molecule has 134 valence electrons. The van der Waals surface area contributed by atoms with E-state index in [4.69, 9.17) is 4.52 Å². The number of carbonyl (C=O) groups is 1. The summed E-state index contributed by atoms with van der Waals surface area (Å²) in [6.45, 7) is 8.24. The van der Waals surface area contributed by atoms with E-state index in [9.17, 15) is 9.59 Å². The number of aryl methyl sites for hydroxylation is 4. The maximum absolute atomic E-state index is 12.8. The molecule has 0 saturated carbocycles. The number of rotatable bonds is 4. The number of hydrogen-bond donors (Lipinski definition) is 1. The van der Waals surface area contributed by atoms with Crippen LogP contribution in [0.25, 0.3) is 0 Å². The SMILES string of the molecule is Cc1nc(=O)[nH]c(C)c1CCC(=O)N1CCC[C@@H]1c1c(C)noc1C. The second-order valence-corrected chi connectivity index (χ2v) is 6.71. The smallest absolute Gasteiger partial charge is 0.345 e. The molecule has 3 heterocycles. The summed E-state index contributed by atoms with van der Waals surface area (Å²) in [5.74, 6) is 0.909. The van der Waals surface area contributed by atoms with E-state index < -0.39 is 0 Å². The molecule has 25 heavy (non-hydrogen) atoms. The Balaban J connectivity index is 1.74. The molecule has 1 aliphatic heterocycles. The lowest BCUT2D eigenvalue weighted by atomic mass is 10.0. The minimum absolute atomic E-state index is 0.0506. The first kappa shape index (κ1) is 17.4. The standard InChI is InChI=1S/C18H24N4O3/c1-10-14(11(2)20-18(24)19-10)7-8-16(23)22-9-5-6-15(22)17-12(3)21-25-13(17)4/h15H,5-9H2,1-4H3,(H,19,20,24)/t15-/m1/s1. The normalized spacial score (nSPS) is 17.3. The molecule has 0 radical (unpaired) electrons. The second kappa shape index (κ2) is 6.82. The van der Waals surface area contributed by atoms with Crippen LogP contribution in [0, 0.1) is 27.7 Å². The number of hydrogen-bond acceptors (Lipinski definition) is 5. The Hall–Kier alpha value is -2.44. The third-order valence-electron chi connectivity index (χ3n) is 5.04. The van der Waals surface area contributed by atoms with Crippen molar-refractivity contribution in [1.29, 1.82) is 0 Å². The van der Waals surface area contributed by atoms with E-state index in [1.807, 2.05) is 32.6 Å². The molecule has 3 rings (SSSR count). The minimum atomic E-state index is -0.344. The molecule has 2 aromatic rings. The number of likely N-dealkylation sites (tertiary alicyclic amines) is 1. The van der Waals surface area contributed by atoms with E-state index in [-0.39, 0.29) is 17.6 Å². The van der Waals surface area contributed by atoms with Gasteiger partial charge in [-0.2, -0.15) is 4.98 Å². The van der Waals surface area contributed by atoms with E-state index in [0.29, 0.717) is 18.5 Å². The highest BCUT2D eigenvalue weighted by Gasteiger charge is 2.33. The molecular weight excluding hydrogens is 320 g/mol. The average Bonchev–Trinajstić information content (AvgIpc) is 3.12. The molecule has 7 nitrogen and oxygen atoms in total. The van der Waals surface area contributed by atoms with Crippen LogP contribution in [0.15, 0.2) is 9.32 Å². The van der Waals surface area contributed by atoms with Gasteiger partial charge in [-0.25, -0.2) is 4.79 Å². The predicted molar refractivity (Wildman–Crippen MR) is 92.3 cm³/mol. The maximum atomic E-state index is 12.8. The topological polar surface area (TPSA) is 92.1 Å². The number of H-pyrrole nitrogens is 1. The van der Waals surface area contributed by atoms with Crippen molar-refractivity contribution in [3.05, 3.63) is 44.5 Å². The average molecular weight is 344 g/mol. The van der Waals surface area contributed by atoms with Crippen LogP contribution < -0.4 is 5.69 Å². The summed E-state index contributed by atoms with van der Waals surface area (Å²) < 4.78 is 5.28. The molecule has 0 aromatic carbocycles. The first-order valence-electron chi connectivity index (χ1n) is 8.67. The second-order valence-electron chi connectivity index (χ2n) is 6.71. The molecule has 1 atom stereocenters. The van der Waals surface area contributed by atoms with Crippen LogP contribution >= 0.6 is 0 Å². The molecule has 1 saturated heterocycles. The van der Waals surface area contributed by atoms with Crippen molar-refractivity contribution in [2.75, 3.05) is 6.54 Å². The lowest BCUT2D eigenvalue weighted by Gasteiger charge is -2.25. The lowest BCUT2D eigenvalue weighted by molar-refractivity contribution is -0.132. The number of nitrogens with zero attached hydrogens (tertiary/aromatic N) is 3. The van der Waals surface area contributed by atoms with Crippen LogP contribution in [0.3, 0.4) is 0 Å². The Kier molecular flexibility index (Phi) is 4.74. The van der Waals surface area contributed by atoms with Gasteiger partial charge in [0.05, 0.1) is 11.7 Å². The van der Waals surface area contributed by atoms with Crippen molar-refractivity contribution < 1.29 is 9.32 Å². The van der Waals surface area contributed by atoms with E-state index in [2.05, 4.69) is 15.1 Å². The zero-order valence-electron chi connectivity index (χ0n) is 15.2. The molecule has 0 aliphatic carbocycles. The van der Waals surface area contributed by atoms with Crippen molar-refractivity contribution in [2.45, 2.75) is 59.4 Å². The van der Waals surface area contributed by atoms with Gasteiger partial charge >= 0.3 is 5.69 Å². The van der Waals surface area contributed by atoms with Gasteiger partial charge in [0.15, 0.2) is 0 Å². The molecule has 0 spiro atoms. The van der Waals surface area contributed by atoms with Gasteiger partial charge in [-0.15, -0.1) is 0 Å². The van der Waals surface area contributed by atoms with Crippen LogP contribution in [0.1, 0.15) is 59.3 Å². The van der Waals surface area contributed by atoms with Gasteiger partial charge in [0.2, 0.25) is 5.91 Å². The van der Waals surface area contributed by atoms with E-state index in [1.165, 1.54) is 0 Å². The van der Waals surface area contributed by atoms with E-state index >= 15 is 0 Å². The lowest BCUT2D eigenvalue weighted by Crippen LogP contribution is -2.31. The molecule has 1 aliphatic rings. The van der Waals surface area contributed by atoms with Crippen molar-refractivity contribution >= 4 is 5.91 Å². The monoisotopic (exact) mass is 344 g/mol. The van der Waals surface area contributed by atoms with Crippen molar-refractivity contribution in [3.8, 4) is 0 Å². The minimum Gasteiger partial charge on any atom is -0.361 e. The molecule has 7 heteroatoms. The number of aromatic amines is 1. The molecule has 1 amide bonds. The van der Waals surface area contributed by atoms with Gasteiger partial charge < -0.3 is 14.4 Å². The first-order chi connectivity index (χ1) is 11.9. The summed E-state index contributed by atoms with van der Waals surface area (Å²) in [4.78, 5) is 32.8. The van der Waals surface area contributed by atoms with Crippen LogP contribution in [0.4, 0.5) is 0 Å². The number of amides is 1. The zero-order valence-corrected chi connectivity index (χ0v) is 15.2. The fourth-order valence-electron chi connectivity index (χ4n) is 3.83. The summed E-state index contributed by atoms with van der Waals surface area (Å²) in [6.07, 6.45) is 2.89. The van der Waals surface area contributed by atoms with Gasteiger partial charge in [0, 0.05) is 29.9 Å². The molecule has 1 N–H and O–H groups in total. The van der Waals surface area contributed by atoms with Crippen LogP contribution in [-0.4, -0.2) is 32.5 Å². The Morgan fingerprint density at radius 1 is 1.28 bits per heavy atom. The fourth-order valence-corrected chi connectivity index (χ4v) is 3.83. The number of carbonyl (C=O) groups excluding carboxylic acids is 1. The summed E-state index contributed by atoms with van der Waals surface area (Å²) in [5, 5.41) is 4.02. The molecule has 2 aromatic heterocycles. The molecule has 0 bridgehead atoms. The number of nitrogens with one attached hydrogen (secondary N) is 1. The van der Waals surface area contributed by atoms with Crippen LogP contribution in [0.5, 0.6) is 0 Å².